The maximum absolute atomic E-state index is 12.8. The third kappa shape index (κ3) is 4.03. The highest BCUT2D eigenvalue weighted by Gasteiger charge is 2.28. The highest BCUT2D eigenvalue weighted by atomic mass is 32.2. The smallest absolute Gasteiger partial charge is 0.316 e. The van der Waals surface area contributed by atoms with Crippen LogP contribution in [-0.2, 0) is 16.0 Å². The van der Waals surface area contributed by atoms with Gasteiger partial charge in [-0.3, -0.25) is 9.59 Å². The minimum atomic E-state index is -0.345. The van der Waals surface area contributed by atoms with Gasteiger partial charge in [0.05, 0.1) is 24.1 Å². The van der Waals surface area contributed by atoms with E-state index in [2.05, 4.69) is 57.9 Å². The number of rotatable bonds is 5. The van der Waals surface area contributed by atoms with Gasteiger partial charge in [0.1, 0.15) is 0 Å². The summed E-state index contributed by atoms with van der Waals surface area (Å²) in [6.45, 7) is 4.34. The molecule has 0 N–H and O–H groups in total. The third-order valence-electron chi connectivity index (χ3n) is 5.18. The zero-order valence-electron chi connectivity index (χ0n) is 16.6. The molecule has 2 aromatic heterocycles. The first-order valence-electron chi connectivity index (χ1n) is 9.53. The van der Waals surface area contributed by atoms with Crippen LogP contribution in [0.2, 0.25) is 0 Å². The van der Waals surface area contributed by atoms with Crippen molar-refractivity contribution in [3.05, 3.63) is 52.8 Å². The van der Waals surface area contributed by atoms with Crippen molar-refractivity contribution in [1.82, 2.24) is 19.6 Å². The summed E-state index contributed by atoms with van der Waals surface area (Å²) in [7, 11) is 1.34. The lowest BCUT2D eigenvalue weighted by molar-refractivity contribution is -0.137. The van der Waals surface area contributed by atoms with Gasteiger partial charge < -0.3 is 4.74 Å². The summed E-state index contributed by atoms with van der Waals surface area (Å²) in [5, 5.41) is 4.74. The second kappa shape index (κ2) is 7.94. The molecule has 0 radical (unpaired) electrons. The lowest BCUT2D eigenvalue weighted by Crippen LogP contribution is -2.21. The molecule has 29 heavy (non-hydrogen) atoms. The fourth-order valence-corrected chi connectivity index (χ4v) is 4.15. The largest absolute Gasteiger partial charge is 0.468 e. The highest BCUT2D eigenvalue weighted by Crippen LogP contribution is 2.32. The van der Waals surface area contributed by atoms with E-state index in [0.29, 0.717) is 35.3 Å². The van der Waals surface area contributed by atoms with Crippen LogP contribution in [0.3, 0.4) is 0 Å². The SMILES string of the molecule is COC(=O)CSc1nc2nc3c(cn2n1)C(=O)CC(c1ccc(C(C)C)cc1)C3. The number of ether oxygens (including phenoxy) is 1. The standard InChI is InChI=1S/C21H22N4O3S/c1-12(2)13-4-6-14(7-5-13)15-8-17-16(18(26)9-15)10-25-20(22-17)23-21(24-25)29-11-19(27)28-3/h4-7,10,12,15H,8-9,11H2,1-3H3. The first-order chi connectivity index (χ1) is 13.9. The maximum Gasteiger partial charge on any atom is 0.316 e. The van der Waals surface area contributed by atoms with Crippen LogP contribution in [-0.4, -0.2) is 44.2 Å². The number of ketones is 1. The molecular formula is C21H22N4O3S. The van der Waals surface area contributed by atoms with Gasteiger partial charge in [0, 0.05) is 12.6 Å². The second-order valence-corrected chi connectivity index (χ2v) is 8.40. The molecule has 1 unspecified atom stereocenters. The Hall–Kier alpha value is -2.74. The molecule has 0 saturated heterocycles. The van der Waals surface area contributed by atoms with Gasteiger partial charge in [-0.05, 0) is 29.4 Å². The Morgan fingerprint density at radius 2 is 2.00 bits per heavy atom. The molecule has 7 nitrogen and oxygen atoms in total. The van der Waals surface area contributed by atoms with Crippen molar-refractivity contribution < 1.29 is 14.3 Å². The van der Waals surface area contributed by atoms with Crippen LogP contribution < -0.4 is 0 Å². The zero-order valence-corrected chi connectivity index (χ0v) is 17.4. The zero-order chi connectivity index (χ0) is 20.5. The van der Waals surface area contributed by atoms with Crippen molar-refractivity contribution in [2.45, 2.75) is 43.7 Å². The van der Waals surface area contributed by atoms with Gasteiger partial charge in [-0.25, -0.2) is 9.50 Å². The molecule has 0 saturated carbocycles. The number of carbonyl (C=O) groups excluding carboxylic acids is 2. The molecule has 0 spiro atoms. The summed E-state index contributed by atoms with van der Waals surface area (Å²) in [6, 6.07) is 8.52. The number of thioether (sulfide) groups is 1. The van der Waals surface area contributed by atoms with E-state index in [1.807, 2.05) is 0 Å². The van der Waals surface area contributed by atoms with Gasteiger partial charge in [0.2, 0.25) is 5.16 Å². The number of esters is 1. The average molecular weight is 410 g/mol. The van der Waals surface area contributed by atoms with Crippen molar-refractivity contribution >= 4 is 29.3 Å². The normalized spacial score (nSPS) is 16.3. The van der Waals surface area contributed by atoms with Gasteiger partial charge in [-0.1, -0.05) is 49.9 Å². The number of fused-ring (bicyclic) bond motifs is 2. The molecule has 0 bridgehead atoms. The van der Waals surface area contributed by atoms with Crippen LogP contribution >= 0.6 is 11.8 Å². The Morgan fingerprint density at radius 3 is 2.69 bits per heavy atom. The topological polar surface area (TPSA) is 86.4 Å². The van der Waals surface area contributed by atoms with Crippen LogP contribution in [0, 0.1) is 0 Å². The second-order valence-electron chi connectivity index (χ2n) is 7.45. The van der Waals surface area contributed by atoms with Crippen molar-refractivity contribution in [3.8, 4) is 0 Å². The minimum Gasteiger partial charge on any atom is -0.468 e. The average Bonchev–Trinajstić information content (AvgIpc) is 3.12. The number of hydrogen-bond donors (Lipinski definition) is 0. The number of benzene rings is 1. The van der Waals surface area contributed by atoms with Crippen molar-refractivity contribution in [1.29, 1.82) is 0 Å². The maximum atomic E-state index is 12.8. The molecule has 8 heteroatoms. The first-order valence-corrected chi connectivity index (χ1v) is 10.5. The summed E-state index contributed by atoms with van der Waals surface area (Å²) in [4.78, 5) is 33.1. The van der Waals surface area contributed by atoms with Gasteiger partial charge in [-0.15, -0.1) is 5.10 Å². The molecule has 1 aliphatic rings. The fraction of sp³-hybridized carbons (Fsp3) is 0.381. The summed E-state index contributed by atoms with van der Waals surface area (Å²) in [5.41, 5.74) is 3.80. The Bertz CT molecular complexity index is 1080. The van der Waals surface area contributed by atoms with E-state index >= 15 is 0 Å². The van der Waals surface area contributed by atoms with E-state index < -0.39 is 0 Å². The van der Waals surface area contributed by atoms with Crippen LogP contribution in [0.15, 0.2) is 35.6 Å². The summed E-state index contributed by atoms with van der Waals surface area (Å²) < 4.78 is 6.14. The lowest BCUT2D eigenvalue weighted by Gasteiger charge is -2.23. The molecule has 3 aromatic rings. The van der Waals surface area contributed by atoms with Crippen LogP contribution in [0.5, 0.6) is 0 Å². The molecular weight excluding hydrogens is 388 g/mol. The molecule has 1 aliphatic carbocycles. The van der Waals surface area contributed by atoms with E-state index in [0.717, 1.165) is 11.3 Å². The lowest BCUT2D eigenvalue weighted by atomic mass is 9.81. The Labute approximate surface area is 172 Å². The van der Waals surface area contributed by atoms with Crippen molar-refractivity contribution in [2.24, 2.45) is 0 Å². The molecule has 0 aliphatic heterocycles. The van der Waals surface area contributed by atoms with Crippen molar-refractivity contribution in [2.75, 3.05) is 12.9 Å². The van der Waals surface area contributed by atoms with E-state index in [1.165, 1.54) is 29.0 Å². The fourth-order valence-electron chi connectivity index (χ4n) is 3.50. The highest BCUT2D eigenvalue weighted by molar-refractivity contribution is 7.99. The number of carbonyl (C=O) groups is 2. The minimum absolute atomic E-state index is 0.0675. The molecule has 1 aromatic carbocycles. The number of methoxy groups -OCH3 is 1. The summed E-state index contributed by atoms with van der Waals surface area (Å²) in [6.07, 6.45) is 2.85. The van der Waals surface area contributed by atoms with E-state index in [9.17, 15) is 9.59 Å². The van der Waals surface area contributed by atoms with Crippen molar-refractivity contribution in [3.63, 3.8) is 0 Å². The van der Waals surface area contributed by atoms with Gasteiger partial charge in [0.15, 0.2) is 5.78 Å². The van der Waals surface area contributed by atoms with E-state index in [-0.39, 0.29) is 23.4 Å². The molecule has 150 valence electrons. The quantitative estimate of drug-likeness (QED) is 0.470. The van der Waals surface area contributed by atoms with E-state index in [4.69, 9.17) is 0 Å². The molecule has 0 fully saturated rings. The van der Waals surface area contributed by atoms with Gasteiger partial charge >= 0.3 is 5.97 Å². The molecule has 0 amide bonds. The van der Waals surface area contributed by atoms with Crippen LogP contribution in [0.25, 0.3) is 5.78 Å². The predicted molar refractivity (Wildman–Crippen MR) is 109 cm³/mol. The summed E-state index contributed by atoms with van der Waals surface area (Å²) >= 11 is 1.18. The van der Waals surface area contributed by atoms with Crippen LogP contribution in [0.1, 0.15) is 59.3 Å². The number of aromatic nitrogens is 4. The monoisotopic (exact) mass is 410 g/mol. The molecule has 1 atom stereocenters. The number of hydrogen-bond acceptors (Lipinski definition) is 7. The molecule has 2 heterocycles. The summed E-state index contributed by atoms with van der Waals surface area (Å²) in [5.74, 6) is 0.870. The number of nitrogens with zero attached hydrogens (tertiary/aromatic N) is 4. The Balaban J connectivity index is 1.59. The third-order valence-corrected chi connectivity index (χ3v) is 6.00. The van der Waals surface area contributed by atoms with Crippen LogP contribution in [0.4, 0.5) is 0 Å². The van der Waals surface area contributed by atoms with Gasteiger partial charge in [-0.2, -0.15) is 4.98 Å². The molecule has 4 rings (SSSR count). The number of Topliss-reactive ketones (excluding diaryl/α,β-unsaturated/α-hetero) is 1. The Morgan fingerprint density at radius 1 is 1.24 bits per heavy atom. The Kier molecular flexibility index (Phi) is 5.36. The van der Waals surface area contributed by atoms with E-state index in [1.54, 1.807) is 6.20 Å². The first kappa shape index (κ1) is 19.6. The predicted octanol–water partition coefficient (Wildman–Crippen LogP) is 3.43. The van der Waals surface area contributed by atoms with Gasteiger partial charge in [0.25, 0.3) is 5.78 Å².